The van der Waals surface area contributed by atoms with Gasteiger partial charge in [-0.25, -0.2) is 4.79 Å². The zero-order chi connectivity index (χ0) is 16.4. The summed E-state index contributed by atoms with van der Waals surface area (Å²) in [4.78, 5) is 34.4. The highest BCUT2D eigenvalue weighted by Gasteiger charge is 2.21. The largest absolute Gasteiger partial charge is 0.482 e. The highest BCUT2D eigenvalue weighted by molar-refractivity contribution is 6.34. The van der Waals surface area contributed by atoms with Crippen molar-refractivity contribution in [3.63, 3.8) is 0 Å². The number of rotatable bonds is 2. The third-order valence-electron chi connectivity index (χ3n) is 3.55. The molecule has 9 heteroatoms. The Hall–Kier alpha value is -2.48. The van der Waals surface area contributed by atoms with Gasteiger partial charge in [-0.2, -0.15) is 0 Å². The van der Waals surface area contributed by atoms with Crippen molar-refractivity contribution in [3.8, 4) is 5.75 Å². The molecule has 1 aromatic carbocycles. The second-order valence-electron chi connectivity index (χ2n) is 5.30. The molecule has 1 fully saturated rings. The lowest BCUT2D eigenvalue weighted by atomic mass is 10.1. The Labute approximate surface area is 136 Å². The Kier molecular flexibility index (Phi) is 4.24. The van der Waals surface area contributed by atoms with E-state index >= 15 is 0 Å². The minimum absolute atomic E-state index is 0.0135. The van der Waals surface area contributed by atoms with Crippen LogP contribution in [0.3, 0.4) is 0 Å². The van der Waals surface area contributed by atoms with Gasteiger partial charge in [0, 0.05) is 25.1 Å². The predicted molar refractivity (Wildman–Crippen MR) is 83.8 cm³/mol. The van der Waals surface area contributed by atoms with Crippen LogP contribution >= 0.6 is 11.6 Å². The molecule has 23 heavy (non-hydrogen) atoms. The molecule has 1 saturated heterocycles. The van der Waals surface area contributed by atoms with E-state index < -0.39 is 6.03 Å². The molecule has 2 heterocycles. The number of halogens is 1. The second-order valence-corrected chi connectivity index (χ2v) is 5.71. The Morgan fingerprint density at radius 3 is 2.87 bits per heavy atom. The average Bonchev–Trinajstić information content (AvgIpc) is 2.50. The van der Waals surface area contributed by atoms with Gasteiger partial charge in [0.2, 0.25) is 5.91 Å². The van der Waals surface area contributed by atoms with E-state index in [1.807, 2.05) is 0 Å². The quantitative estimate of drug-likeness (QED) is 0.646. The van der Waals surface area contributed by atoms with Crippen LogP contribution in [-0.2, 0) is 9.59 Å². The highest BCUT2D eigenvalue weighted by Crippen LogP contribution is 2.36. The molecule has 2 aliphatic rings. The summed E-state index contributed by atoms with van der Waals surface area (Å²) in [7, 11) is 0. The fourth-order valence-corrected chi connectivity index (χ4v) is 2.61. The number of fused-ring (bicyclic) bond motifs is 1. The van der Waals surface area contributed by atoms with Crippen molar-refractivity contribution in [1.82, 2.24) is 10.6 Å². The predicted octanol–water partition coefficient (Wildman–Crippen LogP) is 1.07. The first-order chi connectivity index (χ1) is 11.0. The summed E-state index contributed by atoms with van der Waals surface area (Å²) >= 11 is 6.11. The van der Waals surface area contributed by atoms with Crippen LogP contribution in [0.4, 0.5) is 16.2 Å². The summed E-state index contributed by atoms with van der Waals surface area (Å²) in [6.45, 7) is 0.321. The molecule has 2 aliphatic heterocycles. The Morgan fingerprint density at radius 2 is 2.13 bits per heavy atom. The van der Waals surface area contributed by atoms with Gasteiger partial charge in [0.1, 0.15) is 5.75 Å². The normalized spacial score (nSPS) is 19.8. The number of nitrogens with one attached hydrogen (secondary N) is 4. The van der Waals surface area contributed by atoms with E-state index in [0.29, 0.717) is 36.5 Å². The zero-order valence-corrected chi connectivity index (χ0v) is 12.8. The van der Waals surface area contributed by atoms with Crippen molar-refractivity contribution in [3.05, 3.63) is 17.2 Å². The van der Waals surface area contributed by atoms with Crippen LogP contribution in [0.5, 0.6) is 5.75 Å². The van der Waals surface area contributed by atoms with Crippen LogP contribution in [0.25, 0.3) is 0 Å². The minimum Gasteiger partial charge on any atom is -0.482 e. The summed E-state index contributed by atoms with van der Waals surface area (Å²) in [6.07, 6.45) is 0.977. The van der Waals surface area contributed by atoms with Crippen molar-refractivity contribution >= 4 is 40.8 Å². The van der Waals surface area contributed by atoms with Gasteiger partial charge in [0.05, 0.1) is 16.4 Å². The minimum atomic E-state index is -0.423. The SMILES string of the molecule is O=C1CC[C@@H](NC(=O)Nc2cc3c(cc2Cl)NC(=O)CO3)CN1. The van der Waals surface area contributed by atoms with Crippen molar-refractivity contribution in [2.45, 2.75) is 18.9 Å². The molecule has 0 aliphatic carbocycles. The van der Waals surface area contributed by atoms with Gasteiger partial charge in [-0.15, -0.1) is 0 Å². The molecule has 0 bridgehead atoms. The van der Waals surface area contributed by atoms with Crippen molar-refractivity contribution in [1.29, 1.82) is 0 Å². The Morgan fingerprint density at radius 1 is 1.30 bits per heavy atom. The lowest BCUT2D eigenvalue weighted by Gasteiger charge is -2.24. The summed E-state index contributed by atoms with van der Waals surface area (Å²) in [5.74, 6) is 0.168. The molecule has 0 spiro atoms. The van der Waals surface area contributed by atoms with Crippen LogP contribution < -0.4 is 26.0 Å². The average molecular weight is 339 g/mol. The number of carbonyl (C=O) groups excluding carboxylic acids is 3. The number of urea groups is 1. The highest BCUT2D eigenvalue weighted by atomic mass is 35.5. The number of anilines is 2. The fraction of sp³-hybridized carbons (Fsp3) is 0.357. The maximum Gasteiger partial charge on any atom is 0.319 e. The standard InChI is InChI=1S/C14H15ClN4O4/c15-8-3-10-11(23-6-13(21)18-10)4-9(8)19-14(22)17-7-1-2-12(20)16-5-7/h3-4,7H,1-2,5-6H2,(H,16,20)(H,18,21)(H2,17,19,22)/t7-/m1/s1. The zero-order valence-electron chi connectivity index (χ0n) is 12.1. The number of ether oxygens (including phenoxy) is 1. The smallest absolute Gasteiger partial charge is 0.319 e. The van der Waals surface area contributed by atoms with E-state index in [4.69, 9.17) is 16.3 Å². The van der Waals surface area contributed by atoms with E-state index in [1.165, 1.54) is 6.07 Å². The fourth-order valence-electron chi connectivity index (χ4n) is 2.40. The van der Waals surface area contributed by atoms with Crippen LogP contribution in [0.1, 0.15) is 12.8 Å². The van der Waals surface area contributed by atoms with E-state index in [2.05, 4.69) is 21.3 Å². The molecule has 0 radical (unpaired) electrons. The van der Waals surface area contributed by atoms with Crippen LogP contribution in [0.2, 0.25) is 5.02 Å². The first kappa shape index (κ1) is 15.4. The van der Waals surface area contributed by atoms with Gasteiger partial charge in [-0.3, -0.25) is 9.59 Å². The molecule has 1 aromatic rings. The van der Waals surface area contributed by atoms with E-state index in [0.717, 1.165) is 0 Å². The molecular formula is C14H15ClN4O4. The maximum absolute atomic E-state index is 12.0. The van der Waals surface area contributed by atoms with Gasteiger partial charge in [-0.1, -0.05) is 11.6 Å². The monoisotopic (exact) mass is 338 g/mol. The van der Waals surface area contributed by atoms with Gasteiger partial charge < -0.3 is 26.0 Å². The molecule has 1 atom stereocenters. The number of piperidine rings is 1. The topological polar surface area (TPSA) is 109 Å². The van der Waals surface area contributed by atoms with Crippen LogP contribution in [0, 0.1) is 0 Å². The van der Waals surface area contributed by atoms with E-state index in [9.17, 15) is 14.4 Å². The van der Waals surface area contributed by atoms with Crippen molar-refractivity contribution in [2.75, 3.05) is 23.8 Å². The third kappa shape index (κ3) is 3.65. The van der Waals surface area contributed by atoms with Gasteiger partial charge in [0.25, 0.3) is 5.91 Å². The Balaban J connectivity index is 1.64. The van der Waals surface area contributed by atoms with Crippen molar-refractivity contribution in [2.24, 2.45) is 0 Å². The van der Waals surface area contributed by atoms with E-state index in [1.54, 1.807) is 6.07 Å². The summed E-state index contributed by atoms with van der Waals surface area (Å²) < 4.78 is 5.28. The molecule has 0 aromatic heterocycles. The maximum atomic E-state index is 12.0. The third-order valence-corrected chi connectivity index (χ3v) is 3.86. The molecular weight excluding hydrogens is 324 g/mol. The summed E-state index contributed by atoms with van der Waals surface area (Å²) in [5.41, 5.74) is 0.839. The number of benzene rings is 1. The summed E-state index contributed by atoms with van der Waals surface area (Å²) in [5, 5.41) is 11.0. The van der Waals surface area contributed by atoms with E-state index in [-0.39, 0.29) is 29.5 Å². The molecule has 0 unspecified atom stereocenters. The second kappa shape index (κ2) is 6.33. The molecule has 4 N–H and O–H groups in total. The number of hydrogen-bond donors (Lipinski definition) is 4. The first-order valence-corrected chi connectivity index (χ1v) is 7.49. The molecule has 4 amide bonds. The lowest BCUT2D eigenvalue weighted by molar-refractivity contribution is -0.122. The van der Waals surface area contributed by atoms with Gasteiger partial charge in [0.15, 0.2) is 6.61 Å². The molecule has 8 nitrogen and oxygen atoms in total. The van der Waals surface area contributed by atoms with Crippen LogP contribution in [0.15, 0.2) is 12.1 Å². The van der Waals surface area contributed by atoms with Gasteiger partial charge >= 0.3 is 6.03 Å². The van der Waals surface area contributed by atoms with Crippen molar-refractivity contribution < 1.29 is 19.1 Å². The number of hydrogen-bond acceptors (Lipinski definition) is 4. The Bertz CT molecular complexity index is 669. The number of amides is 4. The lowest BCUT2D eigenvalue weighted by Crippen LogP contribution is -2.48. The molecule has 0 saturated carbocycles. The molecule has 3 rings (SSSR count). The van der Waals surface area contributed by atoms with Gasteiger partial charge in [-0.05, 0) is 12.5 Å². The summed E-state index contributed by atoms with van der Waals surface area (Å²) in [6, 6.07) is 2.52. The number of carbonyl (C=O) groups is 3. The first-order valence-electron chi connectivity index (χ1n) is 7.11. The van der Waals surface area contributed by atoms with Crippen LogP contribution in [-0.4, -0.2) is 37.0 Å². The molecule has 122 valence electrons.